The Kier molecular flexibility index (Phi) is 6.24. The molecule has 0 saturated heterocycles. The second-order valence-electron chi connectivity index (χ2n) is 4.91. The summed E-state index contributed by atoms with van der Waals surface area (Å²) >= 11 is 0. The van der Waals surface area contributed by atoms with E-state index in [0.29, 0.717) is 6.04 Å². The Hall–Kier alpha value is -0.980. The van der Waals surface area contributed by atoms with Crippen molar-refractivity contribution in [3.63, 3.8) is 0 Å². The molecule has 0 radical (unpaired) electrons. The maximum atomic E-state index is 5.59. The average Bonchev–Trinajstić information content (AvgIpc) is 2.82. The molecule has 0 aromatic carbocycles. The van der Waals surface area contributed by atoms with Gasteiger partial charge in [-0.3, -0.25) is 11.3 Å². The van der Waals surface area contributed by atoms with E-state index < -0.39 is 0 Å². The fourth-order valence-corrected chi connectivity index (χ4v) is 1.87. The number of ether oxygens (including phenoxy) is 1. The Morgan fingerprint density at radius 2 is 2.11 bits per heavy atom. The highest BCUT2D eigenvalue weighted by atomic mass is 16.5. The smallest absolute Gasteiger partial charge is 0.138 e. The van der Waals surface area contributed by atoms with Crippen molar-refractivity contribution in [2.24, 2.45) is 5.84 Å². The second kappa shape index (κ2) is 7.45. The highest BCUT2D eigenvalue weighted by molar-refractivity contribution is 4.91. The summed E-state index contributed by atoms with van der Waals surface area (Å²) in [5.74, 6) is 6.57. The van der Waals surface area contributed by atoms with Crippen LogP contribution < -0.4 is 11.3 Å². The van der Waals surface area contributed by atoms with E-state index in [1.165, 1.54) is 0 Å². The monoisotopic (exact) mass is 255 g/mol. The average molecular weight is 255 g/mol. The first-order valence-electron chi connectivity index (χ1n) is 6.45. The number of hydrogen-bond acceptors (Lipinski definition) is 5. The lowest BCUT2D eigenvalue weighted by Gasteiger charge is -2.18. The standard InChI is InChI=1S/C12H25N5O/c1-9(2)17-12(14-8-15-17)7-11(16-13)6-5-10(3)18-4/h8-11,16H,5-7,13H2,1-4H3. The van der Waals surface area contributed by atoms with Crippen molar-refractivity contribution in [1.29, 1.82) is 0 Å². The summed E-state index contributed by atoms with van der Waals surface area (Å²) < 4.78 is 7.18. The Bertz CT molecular complexity index is 339. The molecule has 18 heavy (non-hydrogen) atoms. The third kappa shape index (κ3) is 4.36. The molecule has 1 aromatic heterocycles. The van der Waals surface area contributed by atoms with E-state index in [-0.39, 0.29) is 12.1 Å². The molecule has 6 nitrogen and oxygen atoms in total. The van der Waals surface area contributed by atoms with Gasteiger partial charge in [0.2, 0.25) is 0 Å². The molecule has 3 N–H and O–H groups in total. The lowest BCUT2D eigenvalue weighted by atomic mass is 10.1. The molecule has 1 rings (SSSR count). The summed E-state index contributed by atoms with van der Waals surface area (Å²) in [6.45, 7) is 6.25. The summed E-state index contributed by atoms with van der Waals surface area (Å²) in [4.78, 5) is 4.30. The summed E-state index contributed by atoms with van der Waals surface area (Å²) in [6.07, 6.45) is 4.56. The quantitative estimate of drug-likeness (QED) is 0.536. The van der Waals surface area contributed by atoms with Crippen LogP contribution in [0.4, 0.5) is 0 Å². The van der Waals surface area contributed by atoms with Gasteiger partial charge in [-0.25, -0.2) is 9.67 Å². The molecule has 0 fully saturated rings. The van der Waals surface area contributed by atoms with Gasteiger partial charge in [0.15, 0.2) is 0 Å². The van der Waals surface area contributed by atoms with E-state index in [1.807, 2.05) is 4.68 Å². The van der Waals surface area contributed by atoms with Crippen LogP contribution in [0.5, 0.6) is 0 Å². The molecule has 0 aliphatic rings. The number of hydrazine groups is 1. The lowest BCUT2D eigenvalue weighted by molar-refractivity contribution is 0.106. The van der Waals surface area contributed by atoms with Gasteiger partial charge in [0.1, 0.15) is 12.2 Å². The molecule has 0 aliphatic heterocycles. The van der Waals surface area contributed by atoms with Crippen LogP contribution in [0, 0.1) is 0 Å². The molecule has 104 valence electrons. The van der Waals surface area contributed by atoms with Crippen molar-refractivity contribution < 1.29 is 4.74 Å². The van der Waals surface area contributed by atoms with Gasteiger partial charge in [-0.1, -0.05) is 0 Å². The van der Waals surface area contributed by atoms with E-state index in [2.05, 4.69) is 36.3 Å². The first kappa shape index (κ1) is 15.1. The normalized spacial score (nSPS) is 15.0. The SMILES string of the molecule is COC(C)CCC(Cc1ncnn1C(C)C)NN. The molecule has 0 amide bonds. The number of hydrogen-bond donors (Lipinski definition) is 2. The van der Waals surface area contributed by atoms with Crippen molar-refractivity contribution in [3.8, 4) is 0 Å². The minimum Gasteiger partial charge on any atom is -0.382 e. The predicted molar refractivity (Wildman–Crippen MR) is 70.9 cm³/mol. The fourth-order valence-electron chi connectivity index (χ4n) is 1.87. The van der Waals surface area contributed by atoms with Gasteiger partial charge in [0, 0.05) is 25.6 Å². The zero-order valence-corrected chi connectivity index (χ0v) is 11.8. The predicted octanol–water partition coefficient (Wildman–Crippen LogP) is 1.05. The number of methoxy groups -OCH3 is 1. The largest absolute Gasteiger partial charge is 0.382 e. The van der Waals surface area contributed by atoms with E-state index in [4.69, 9.17) is 10.6 Å². The summed E-state index contributed by atoms with van der Waals surface area (Å²) in [6, 6.07) is 0.517. The summed E-state index contributed by atoms with van der Waals surface area (Å²) in [7, 11) is 1.73. The lowest BCUT2D eigenvalue weighted by Crippen LogP contribution is -2.38. The topological polar surface area (TPSA) is 78.0 Å². The van der Waals surface area contributed by atoms with Crippen LogP contribution in [0.2, 0.25) is 0 Å². The summed E-state index contributed by atoms with van der Waals surface area (Å²) in [5.41, 5.74) is 2.85. The minimum atomic E-state index is 0.198. The molecule has 2 unspecified atom stereocenters. The molecule has 0 aliphatic carbocycles. The third-order valence-electron chi connectivity index (χ3n) is 3.13. The molecule has 2 atom stereocenters. The van der Waals surface area contributed by atoms with Crippen molar-refractivity contribution in [3.05, 3.63) is 12.2 Å². The van der Waals surface area contributed by atoms with E-state index >= 15 is 0 Å². The van der Waals surface area contributed by atoms with E-state index in [9.17, 15) is 0 Å². The van der Waals surface area contributed by atoms with Crippen LogP contribution in [0.15, 0.2) is 6.33 Å². The van der Waals surface area contributed by atoms with Gasteiger partial charge >= 0.3 is 0 Å². The van der Waals surface area contributed by atoms with Crippen LogP contribution in [-0.4, -0.2) is 34.0 Å². The maximum absolute atomic E-state index is 5.59. The van der Waals surface area contributed by atoms with Gasteiger partial charge in [-0.05, 0) is 33.6 Å². The molecule has 0 bridgehead atoms. The first-order valence-corrected chi connectivity index (χ1v) is 6.45. The summed E-state index contributed by atoms with van der Waals surface area (Å²) in [5, 5.41) is 4.23. The van der Waals surface area contributed by atoms with E-state index in [1.54, 1.807) is 13.4 Å². The highest BCUT2D eigenvalue weighted by Gasteiger charge is 2.15. The number of nitrogens with zero attached hydrogens (tertiary/aromatic N) is 3. The fraction of sp³-hybridized carbons (Fsp3) is 0.833. The number of nitrogens with two attached hydrogens (primary N) is 1. The van der Waals surface area contributed by atoms with Gasteiger partial charge < -0.3 is 4.74 Å². The molecular formula is C12H25N5O. The number of nitrogens with one attached hydrogen (secondary N) is 1. The van der Waals surface area contributed by atoms with Gasteiger partial charge in [0.05, 0.1) is 6.10 Å². The molecule has 1 heterocycles. The molecule has 0 saturated carbocycles. The third-order valence-corrected chi connectivity index (χ3v) is 3.13. The van der Waals surface area contributed by atoms with Gasteiger partial charge in [0.25, 0.3) is 0 Å². The van der Waals surface area contributed by atoms with Crippen LogP contribution in [0.25, 0.3) is 0 Å². The Labute approximate surface area is 109 Å². The molecule has 6 heteroatoms. The first-order chi connectivity index (χ1) is 8.58. The van der Waals surface area contributed by atoms with Gasteiger partial charge in [-0.15, -0.1) is 0 Å². The van der Waals surface area contributed by atoms with Crippen LogP contribution in [0.3, 0.4) is 0 Å². The number of rotatable bonds is 8. The highest BCUT2D eigenvalue weighted by Crippen LogP contribution is 2.11. The zero-order chi connectivity index (χ0) is 13.5. The Morgan fingerprint density at radius 3 is 2.67 bits per heavy atom. The van der Waals surface area contributed by atoms with Crippen molar-refractivity contribution >= 4 is 0 Å². The van der Waals surface area contributed by atoms with Crippen molar-refractivity contribution in [2.45, 2.75) is 58.2 Å². The molecule has 1 aromatic rings. The minimum absolute atomic E-state index is 0.198. The molecular weight excluding hydrogens is 230 g/mol. The van der Waals surface area contributed by atoms with Crippen molar-refractivity contribution in [2.75, 3.05) is 7.11 Å². The molecule has 0 spiro atoms. The van der Waals surface area contributed by atoms with Crippen LogP contribution >= 0.6 is 0 Å². The van der Waals surface area contributed by atoms with E-state index in [0.717, 1.165) is 25.1 Å². The Balaban J connectivity index is 2.54. The van der Waals surface area contributed by atoms with Crippen LogP contribution in [0.1, 0.15) is 45.5 Å². The van der Waals surface area contributed by atoms with Gasteiger partial charge in [-0.2, -0.15) is 5.10 Å². The van der Waals surface area contributed by atoms with Crippen LogP contribution in [-0.2, 0) is 11.2 Å². The van der Waals surface area contributed by atoms with Crippen molar-refractivity contribution in [1.82, 2.24) is 20.2 Å². The maximum Gasteiger partial charge on any atom is 0.138 e. The second-order valence-corrected chi connectivity index (χ2v) is 4.91. The zero-order valence-electron chi connectivity index (χ0n) is 11.8. The Morgan fingerprint density at radius 1 is 1.39 bits per heavy atom. The number of aromatic nitrogens is 3.